The number of rotatable bonds is 3. The van der Waals surface area contributed by atoms with Crippen molar-refractivity contribution < 1.29 is 17.7 Å². The first-order valence-electron chi connectivity index (χ1n) is 8.61. The molecule has 0 aliphatic heterocycles. The Morgan fingerprint density at radius 2 is 1.81 bits per heavy atom. The third kappa shape index (κ3) is 3.56. The van der Waals surface area contributed by atoms with Gasteiger partial charge in [-0.15, -0.1) is 11.3 Å². The molecule has 0 atom stereocenters. The van der Waals surface area contributed by atoms with Crippen LogP contribution in [0.1, 0.15) is 5.69 Å². The Hall–Kier alpha value is -2.95. The van der Waals surface area contributed by atoms with Gasteiger partial charge in [-0.3, -0.25) is 0 Å². The third-order valence-electron chi connectivity index (χ3n) is 4.33. The predicted octanol–water partition coefficient (Wildman–Crippen LogP) is 6.50. The summed E-state index contributed by atoms with van der Waals surface area (Å²) in [6, 6.07) is 11.0. The smallest absolute Gasteiger partial charge is 0.332 e. The number of benzene rings is 1. The molecule has 4 heterocycles. The average molecular weight is 482 g/mol. The van der Waals surface area contributed by atoms with E-state index in [-0.39, 0.29) is 33.8 Å². The van der Waals surface area contributed by atoms with E-state index in [0.717, 1.165) is 6.07 Å². The molecular weight excluding hydrogens is 474 g/mol. The lowest BCUT2D eigenvalue weighted by atomic mass is 10.2. The molecule has 0 radical (unpaired) electrons. The predicted molar refractivity (Wildman–Crippen MR) is 110 cm³/mol. The van der Waals surface area contributed by atoms with Crippen molar-refractivity contribution in [2.75, 3.05) is 0 Å². The van der Waals surface area contributed by atoms with Gasteiger partial charge >= 0.3 is 6.18 Å². The van der Waals surface area contributed by atoms with Gasteiger partial charge in [0.05, 0.1) is 10.6 Å². The summed E-state index contributed by atoms with van der Waals surface area (Å²) in [4.78, 5) is 9.06. The first-order valence-corrected chi connectivity index (χ1v) is 10.2. The molecule has 6 nitrogen and oxygen atoms in total. The highest BCUT2D eigenvalue weighted by Crippen LogP contribution is 2.37. The van der Waals surface area contributed by atoms with E-state index in [1.807, 2.05) is 0 Å². The lowest BCUT2D eigenvalue weighted by Crippen LogP contribution is -2.13. The van der Waals surface area contributed by atoms with Crippen LogP contribution in [0.15, 0.2) is 52.4 Å². The summed E-state index contributed by atoms with van der Waals surface area (Å²) in [5, 5.41) is 9.98. The van der Waals surface area contributed by atoms with Crippen LogP contribution in [0, 0.1) is 0 Å². The van der Waals surface area contributed by atoms with Gasteiger partial charge in [-0.05, 0) is 41.8 Å². The number of aromatic nitrogens is 5. The van der Waals surface area contributed by atoms with E-state index in [1.54, 1.807) is 41.8 Å². The SMILES string of the molecule is FC(F)(F)c1cc(-c2cccs2)nc2c(Cl)c(-c3nc(-c4ccc(Cl)cc4)no3)nn12. The molecule has 12 heteroatoms. The van der Waals surface area contributed by atoms with Crippen molar-refractivity contribution in [3.63, 3.8) is 0 Å². The van der Waals surface area contributed by atoms with E-state index in [0.29, 0.717) is 20.0 Å². The molecule has 0 aliphatic rings. The van der Waals surface area contributed by atoms with Gasteiger partial charge in [0.2, 0.25) is 5.82 Å². The Kier molecular flexibility index (Phi) is 4.72. The monoisotopic (exact) mass is 481 g/mol. The van der Waals surface area contributed by atoms with Gasteiger partial charge in [0.25, 0.3) is 5.89 Å². The molecule has 0 saturated heterocycles. The van der Waals surface area contributed by atoms with Crippen LogP contribution in [-0.2, 0) is 6.18 Å². The highest BCUT2D eigenvalue weighted by molar-refractivity contribution is 7.13. The highest BCUT2D eigenvalue weighted by Gasteiger charge is 2.36. The molecular formula is C19H8Cl2F3N5OS. The van der Waals surface area contributed by atoms with Crippen LogP contribution < -0.4 is 0 Å². The van der Waals surface area contributed by atoms with Crippen molar-refractivity contribution in [3.05, 3.63) is 63.6 Å². The summed E-state index contributed by atoms with van der Waals surface area (Å²) in [7, 11) is 0. The molecule has 0 spiro atoms. The van der Waals surface area contributed by atoms with E-state index >= 15 is 0 Å². The van der Waals surface area contributed by atoms with Crippen molar-refractivity contribution >= 4 is 40.2 Å². The molecule has 0 N–H and O–H groups in total. The average Bonchev–Trinajstić information content (AvgIpc) is 3.48. The second-order valence-corrected chi connectivity index (χ2v) is 8.09. The standard InChI is InChI=1S/C19H8Cl2F3N5OS/c20-10-5-3-9(4-6-10)16-26-18(30-28-16)15-14(21)17-25-11(12-2-1-7-31-12)8-13(19(22,23)24)29(17)27-15/h1-8H. The Balaban J connectivity index is 1.67. The maximum absolute atomic E-state index is 13.8. The molecule has 0 amide bonds. The number of hydrogen-bond donors (Lipinski definition) is 0. The fourth-order valence-electron chi connectivity index (χ4n) is 2.92. The Morgan fingerprint density at radius 1 is 1.03 bits per heavy atom. The number of thiophene rings is 1. The topological polar surface area (TPSA) is 69.1 Å². The van der Waals surface area contributed by atoms with Crippen LogP contribution in [0.2, 0.25) is 10.0 Å². The summed E-state index contributed by atoms with van der Waals surface area (Å²) in [5.41, 5.74) is -0.549. The summed E-state index contributed by atoms with van der Waals surface area (Å²) in [6.45, 7) is 0. The van der Waals surface area contributed by atoms with Crippen molar-refractivity contribution in [1.82, 2.24) is 24.7 Å². The zero-order valence-electron chi connectivity index (χ0n) is 15.1. The fraction of sp³-hybridized carbons (Fsp3) is 0.0526. The molecule has 0 aliphatic carbocycles. The van der Waals surface area contributed by atoms with Gasteiger partial charge in [0.15, 0.2) is 17.0 Å². The van der Waals surface area contributed by atoms with Crippen LogP contribution in [0.4, 0.5) is 13.2 Å². The molecule has 0 bridgehead atoms. The van der Waals surface area contributed by atoms with E-state index in [2.05, 4.69) is 20.2 Å². The molecule has 156 valence electrons. The van der Waals surface area contributed by atoms with Crippen LogP contribution in [0.25, 0.3) is 39.2 Å². The normalized spacial score (nSPS) is 12.0. The summed E-state index contributed by atoms with van der Waals surface area (Å²) >= 11 is 13.5. The number of alkyl halides is 3. The largest absolute Gasteiger partial charge is 0.433 e. The zero-order valence-corrected chi connectivity index (χ0v) is 17.4. The van der Waals surface area contributed by atoms with Crippen LogP contribution in [-0.4, -0.2) is 24.7 Å². The molecule has 1 aromatic carbocycles. The zero-order chi connectivity index (χ0) is 21.8. The van der Waals surface area contributed by atoms with Crippen LogP contribution >= 0.6 is 34.5 Å². The van der Waals surface area contributed by atoms with E-state index in [9.17, 15) is 13.2 Å². The van der Waals surface area contributed by atoms with Crippen molar-refractivity contribution in [3.8, 4) is 33.5 Å². The van der Waals surface area contributed by atoms with Crippen LogP contribution in [0.5, 0.6) is 0 Å². The first kappa shape index (κ1) is 20.0. The lowest BCUT2D eigenvalue weighted by Gasteiger charge is -2.10. The molecule has 31 heavy (non-hydrogen) atoms. The van der Waals surface area contributed by atoms with E-state index in [1.165, 1.54) is 11.3 Å². The minimum absolute atomic E-state index is 0.101. The van der Waals surface area contributed by atoms with Crippen LogP contribution in [0.3, 0.4) is 0 Å². The van der Waals surface area contributed by atoms with Gasteiger partial charge in [0, 0.05) is 10.6 Å². The van der Waals surface area contributed by atoms with E-state index in [4.69, 9.17) is 27.7 Å². The molecule has 4 aromatic heterocycles. The molecule has 0 fully saturated rings. The Bertz CT molecular complexity index is 1390. The molecule has 5 aromatic rings. The van der Waals surface area contributed by atoms with Crippen molar-refractivity contribution in [2.45, 2.75) is 6.18 Å². The third-order valence-corrected chi connectivity index (χ3v) is 5.82. The number of nitrogens with zero attached hydrogens (tertiary/aromatic N) is 5. The maximum Gasteiger partial charge on any atom is 0.433 e. The Morgan fingerprint density at radius 3 is 2.48 bits per heavy atom. The number of halogens is 5. The van der Waals surface area contributed by atoms with Crippen molar-refractivity contribution in [1.29, 1.82) is 0 Å². The second-order valence-electron chi connectivity index (χ2n) is 6.33. The first-order chi connectivity index (χ1) is 14.8. The van der Waals surface area contributed by atoms with Gasteiger partial charge in [-0.2, -0.15) is 23.3 Å². The summed E-state index contributed by atoms with van der Waals surface area (Å²) < 4.78 is 47.1. The van der Waals surface area contributed by atoms with Crippen molar-refractivity contribution in [2.24, 2.45) is 0 Å². The minimum Gasteiger partial charge on any atom is -0.332 e. The molecule has 5 rings (SSSR count). The van der Waals surface area contributed by atoms with E-state index < -0.39 is 11.9 Å². The van der Waals surface area contributed by atoms with Gasteiger partial charge in [0.1, 0.15) is 5.02 Å². The summed E-state index contributed by atoms with van der Waals surface area (Å²) in [6.07, 6.45) is -4.69. The fourth-order valence-corrected chi connectivity index (χ4v) is 3.97. The second kappa shape index (κ2) is 7.33. The quantitative estimate of drug-likeness (QED) is 0.294. The molecule has 0 saturated carbocycles. The number of fused-ring (bicyclic) bond motifs is 1. The number of hydrogen-bond acceptors (Lipinski definition) is 6. The lowest BCUT2D eigenvalue weighted by molar-refractivity contribution is -0.142. The van der Waals surface area contributed by atoms with Gasteiger partial charge < -0.3 is 4.52 Å². The molecule has 0 unspecified atom stereocenters. The minimum atomic E-state index is -4.69. The van der Waals surface area contributed by atoms with Gasteiger partial charge in [-0.1, -0.05) is 34.4 Å². The Labute approximate surface area is 185 Å². The van der Waals surface area contributed by atoms with Gasteiger partial charge in [-0.25, -0.2) is 9.50 Å². The summed E-state index contributed by atoms with van der Waals surface area (Å²) in [5.74, 6) is 0.0781. The maximum atomic E-state index is 13.8. The highest BCUT2D eigenvalue weighted by atomic mass is 35.5.